The number of alkyl halides is 2. The third kappa shape index (κ3) is 3.68. The highest BCUT2D eigenvalue weighted by Crippen LogP contribution is 2.49. The summed E-state index contributed by atoms with van der Waals surface area (Å²) < 4.78 is 38.4. The third-order valence-electron chi connectivity index (χ3n) is 6.43. The summed E-state index contributed by atoms with van der Waals surface area (Å²) in [4.78, 5) is 29.3. The SMILES string of the molecule is Cc1noc(-c2c(NC(=O)C3=C(OC(=O)O)C4CCC3CC4)sc3c2CCC(F)(F)C3)n1. The molecule has 0 aromatic carbocycles. The molecule has 2 aromatic rings. The number of thiophene rings is 1. The topological polar surface area (TPSA) is 115 Å². The van der Waals surface area contributed by atoms with E-state index >= 15 is 0 Å². The van der Waals surface area contributed by atoms with Gasteiger partial charge in [-0.25, -0.2) is 13.6 Å². The Labute approximate surface area is 185 Å². The van der Waals surface area contributed by atoms with Crippen LogP contribution in [0.4, 0.5) is 18.6 Å². The second-order valence-electron chi connectivity index (χ2n) is 8.54. The number of ether oxygens (including phenoxy) is 1. The second kappa shape index (κ2) is 7.65. The van der Waals surface area contributed by atoms with Crippen molar-refractivity contribution < 1.29 is 32.7 Å². The molecule has 2 heterocycles. The van der Waals surface area contributed by atoms with Gasteiger partial charge < -0.3 is 19.7 Å². The predicted octanol–water partition coefficient (Wildman–Crippen LogP) is 4.94. The maximum Gasteiger partial charge on any atom is 0.511 e. The molecule has 0 spiro atoms. The van der Waals surface area contributed by atoms with E-state index in [0.717, 1.165) is 37.0 Å². The molecule has 0 radical (unpaired) electrons. The first kappa shape index (κ1) is 21.0. The average molecular weight is 465 g/mol. The summed E-state index contributed by atoms with van der Waals surface area (Å²) in [6.45, 7) is 1.65. The van der Waals surface area contributed by atoms with Crippen molar-refractivity contribution in [1.82, 2.24) is 10.1 Å². The minimum absolute atomic E-state index is 0.0950. The van der Waals surface area contributed by atoms with Crippen molar-refractivity contribution in [3.05, 3.63) is 27.6 Å². The zero-order valence-electron chi connectivity index (χ0n) is 17.2. The number of aromatic nitrogens is 2. The molecule has 2 N–H and O–H groups in total. The van der Waals surface area contributed by atoms with E-state index in [2.05, 4.69) is 15.5 Å². The summed E-state index contributed by atoms with van der Waals surface area (Å²) in [6.07, 6.45) is 1.09. The van der Waals surface area contributed by atoms with Gasteiger partial charge in [-0.2, -0.15) is 4.98 Å². The largest absolute Gasteiger partial charge is 0.511 e. The fourth-order valence-corrected chi connectivity index (χ4v) is 6.34. The fourth-order valence-electron chi connectivity index (χ4n) is 5.03. The Balaban J connectivity index is 1.54. The lowest BCUT2D eigenvalue weighted by molar-refractivity contribution is -0.114. The van der Waals surface area contributed by atoms with Crippen molar-refractivity contribution in [2.75, 3.05) is 5.32 Å². The molecule has 4 aliphatic rings. The lowest BCUT2D eigenvalue weighted by Crippen LogP contribution is -2.34. The highest BCUT2D eigenvalue weighted by molar-refractivity contribution is 7.17. The van der Waals surface area contributed by atoms with Crippen LogP contribution in [0.25, 0.3) is 11.5 Å². The average Bonchev–Trinajstić information content (AvgIpc) is 3.29. The van der Waals surface area contributed by atoms with Crippen LogP contribution in [0.3, 0.4) is 0 Å². The van der Waals surface area contributed by atoms with Crippen LogP contribution < -0.4 is 5.32 Å². The van der Waals surface area contributed by atoms with Crippen LogP contribution in [0.5, 0.6) is 0 Å². The first-order valence-electron chi connectivity index (χ1n) is 10.5. The fraction of sp³-hybridized carbons (Fsp3) is 0.524. The van der Waals surface area contributed by atoms with Crippen molar-refractivity contribution in [2.24, 2.45) is 11.8 Å². The maximum atomic E-state index is 14.0. The number of anilines is 1. The molecule has 0 aliphatic heterocycles. The van der Waals surface area contributed by atoms with E-state index in [0.29, 0.717) is 32.4 Å². The molecular formula is C21H21F2N3O5S. The van der Waals surface area contributed by atoms with Crippen LogP contribution in [0.2, 0.25) is 0 Å². The minimum Gasteiger partial charge on any atom is -0.449 e. The van der Waals surface area contributed by atoms with Gasteiger partial charge in [-0.05, 0) is 50.5 Å². The quantitative estimate of drug-likeness (QED) is 0.615. The van der Waals surface area contributed by atoms with Crippen LogP contribution in [0.1, 0.15) is 48.4 Å². The van der Waals surface area contributed by atoms with Crippen molar-refractivity contribution in [3.8, 4) is 11.5 Å². The Morgan fingerprint density at radius 2 is 1.97 bits per heavy atom. The van der Waals surface area contributed by atoms with Crippen LogP contribution in [-0.2, 0) is 22.4 Å². The molecule has 0 atom stereocenters. The van der Waals surface area contributed by atoms with Crippen LogP contribution in [0, 0.1) is 18.8 Å². The Bertz CT molecular complexity index is 1130. The number of carboxylic acid groups (broad SMARTS) is 1. The molecule has 1 saturated carbocycles. The van der Waals surface area contributed by atoms with E-state index in [1.165, 1.54) is 0 Å². The maximum absolute atomic E-state index is 14.0. The molecule has 2 aromatic heterocycles. The standard InChI is InChI=1S/C21H21F2N3O5S/c1-9-24-18(31-26-9)15-12-6-7-21(22,23)8-13(12)32-19(15)25-17(27)14-10-2-4-11(5-3-10)16(14)30-20(28)29/h10-11H,2-8H2,1H3,(H,25,27)(H,28,29). The van der Waals surface area contributed by atoms with Gasteiger partial charge in [0.2, 0.25) is 0 Å². The van der Waals surface area contributed by atoms with Crippen molar-refractivity contribution in [2.45, 2.75) is 57.8 Å². The van der Waals surface area contributed by atoms with Crippen molar-refractivity contribution in [3.63, 3.8) is 0 Å². The number of hydrogen-bond acceptors (Lipinski definition) is 7. The number of amides is 1. The Morgan fingerprint density at radius 3 is 2.62 bits per heavy atom. The molecule has 2 bridgehead atoms. The lowest BCUT2D eigenvalue weighted by Gasteiger charge is -2.37. The molecule has 4 aliphatic carbocycles. The molecule has 8 nitrogen and oxygen atoms in total. The van der Waals surface area contributed by atoms with E-state index in [-0.39, 0.29) is 36.3 Å². The number of halogens is 2. The zero-order valence-corrected chi connectivity index (χ0v) is 18.1. The summed E-state index contributed by atoms with van der Waals surface area (Å²) in [7, 11) is 0. The lowest BCUT2D eigenvalue weighted by atomic mass is 9.70. The van der Waals surface area contributed by atoms with Crippen LogP contribution >= 0.6 is 11.3 Å². The normalized spacial score (nSPS) is 23.7. The minimum atomic E-state index is -2.81. The first-order chi connectivity index (χ1) is 15.2. The van der Waals surface area contributed by atoms with E-state index in [4.69, 9.17) is 14.4 Å². The molecule has 11 heteroatoms. The number of carbonyl (C=O) groups is 2. The Kier molecular flexibility index (Phi) is 5.03. The van der Waals surface area contributed by atoms with Crippen LogP contribution in [0.15, 0.2) is 15.9 Å². The zero-order chi connectivity index (χ0) is 22.6. The monoisotopic (exact) mass is 465 g/mol. The number of carbonyl (C=O) groups excluding carboxylic acids is 1. The van der Waals surface area contributed by atoms with E-state index in [9.17, 15) is 18.4 Å². The van der Waals surface area contributed by atoms with Gasteiger partial charge >= 0.3 is 6.16 Å². The molecule has 170 valence electrons. The molecule has 0 unspecified atom stereocenters. The summed E-state index contributed by atoms with van der Waals surface area (Å²) in [5, 5.41) is 16.1. The highest BCUT2D eigenvalue weighted by atomic mass is 32.1. The summed E-state index contributed by atoms with van der Waals surface area (Å²) in [5.74, 6) is -2.72. The molecule has 0 saturated heterocycles. The number of fused-ring (bicyclic) bond motifs is 3. The molecule has 32 heavy (non-hydrogen) atoms. The molecule has 6 rings (SSSR count). The van der Waals surface area contributed by atoms with Gasteiger partial charge in [-0.1, -0.05) is 5.16 Å². The number of aryl methyl sites for hydroxylation is 1. The van der Waals surface area contributed by atoms with Gasteiger partial charge in [0, 0.05) is 23.6 Å². The summed E-state index contributed by atoms with van der Waals surface area (Å²) >= 11 is 1.08. The smallest absolute Gasteiger partial charge is 0.449 e. The van der Waals surface area contributed by atoms with Gasteiger partial charge in [0.1, 0.15) is 10.8 Å². The Hall–Kier alpha value is -2.82. The summed E-state index contributed by atoms with van der Waals surface area (Å²) in [5.41, 5.74) is 1.48. The highest BCUT2D eigenvalue weighted by Gasteiger charge is 2.42. The molecular weight excluding hydrogens is 444 g/mol. The second-order valence-corrected chi connectivity index (χ2v) is 9.64. The van der Waals surface area contributed by atoms with E-state index in [1.807, 2.05) is 0 Å². The van der Waals surface area contributed by atoms with Gasteiger partial charge in [0.05, 0.1) is 11.1 Å². The molecule has 1 amide bonds. The Morgan fingerprint density at radius 1 is 1.25 bits per heavy atom. The predicted molar refractivity (Wildman–Crippen MR) is 110 cm³/mol. The van der Waals surface area contributed by atoms with Crippen LogP contribution in [-0.4, -0.2) is 33.2 Å². The first-order valence-corrected chi connectivity index (χ1v) is 11.3. The van der Waals surface area contributed by atoms with Gasteiger partial charge in [-0.15, -0.1) is 11.3 Å². The van der Waals surface area contributed by atoms with Gasteiger partial charge in [-0.3, -0.25) is 4.79 Å². The van der Waals surface area contributed by atoms with Gasteiger partial charge in [0.25, 0.3) is 17.7 Å². The number of nitrogens with zero attached hydrogens (tertiary/aromatic N) is 2. The summed E-state index contributed by atoms with van der Waals surface area (Å²) in [6, 6.07) is 0. The van der Waals surface area contributed by atoms with E-state index < -0.39 is 24.4 Å². The molecule has 1 fully saturated rings. The van der Waals surface area contributed by atoms with Crippen molar-refractivity contribution >= 4 is 28.4 Å². The number of rotatable bonds is 4. The number of nitrogens with one attached hydrogen (secondary N) is 1. The third-order valence-corrected chi connectivity index (χ3v) is 7.58. The van der Waals surface area contributed by atoms with E-state index in [1.54, 1.807) is 6.92 Å². The number of hydrogen-bond donors (Lipinski definition) is 2. The number of allylic oxidation sites excluding steroid dienone is 1. The van der Waals surface area contributed by atoms with Crippen molar-refractivity contribution in [1.29, 1.82) is 0 Å². The van der Waals surface area contributed by atoms with Gasteiger partial charge in [0.15, 0.2) is 5.82 Å².